The molecule has 6 rings (SSSR count). The van der Waals surface area contributed by atoms with Crippen LogP contribution in [0.4, 0.5) is 0 Å². The number of fused-ring (bicyclic) bond motifs is 1. The van der Waals surface area contributed by atoms with Crippen LogP contribution < -0.4 is 5.32 Å². The fourth-order valence-electron chi connectivity index (χ4n) is 6.71. The first-order valence-corrected chi connectivity index (χ1v) is 16.6. The van der Waals surface area contributed by atoms with E-state index in [0.717, 1.165) is 67.5 Å². The van der Waals surface area contributed by atoms with E-state index in [1.165, 1.54) is 6.42 Å². The highest BCUT2D eigenvalue weighted by Gasteiger charge is 2.40. The van der Waals surface area contributed by atoms with Gasteiger partial charge in [-0.2, -0.15) is 0 Å². The Morgan fingerprint density at radius 3 is 2.44 bits per heavy atom. The van der Waals surface area contributed by atoms with Crippen molar-refractivity contribution in [2.75, 3.05) is 0 Å². The van der Waals surface area contributed by atoms with Gasteiger partial charge in [0.2, 0.25) is 5.91 Å². The molecule has 5 atom stereocenters. The SMILES string of the molecule is CCC(C)c1nc(-c2cccnc2)cn2c(C(Cc3cccnc3)C(=O)NC(CC3CCCCC3)C(O)C(O)C3CC3)nnc12. The van der Waals surface area contributed by atoms with E-state index in [0.29, 0.717) is 30.2 Å². The molecule has 45 heavy (non-hydrogen) atoms. The number of aliphatic hydroxyl groups excluding tert-OH is 2. The van der Waals surface area contributed by atoms with E-state index in [1.807, 2.05) is 34.9 Å². The van der Waals surface area contributed by atoms with E-state index >= 15 is 0 Å². The topological polar surface area (TPSA) is 138 Å². The third-order valence-electron chi connectivity index (χ3n) is 9.78. The van der Waals surface area contributed by atoms with Crippen LogP contribution in [0.2, 0.25) is 0 Å². The van der Waals surface area contributed by atoms with Gasteiger partial charge < -0.3 is 15.5 Å². The number of carbonyl (C=O) groups is 1. The minimum Gasteiger partial charge on any atom is -0.390 e. The van der Waals surface area contributed by atoms with Crippen molar-refractivity contribution in [3.8, 4) is 11.3 Å². The predicted molar refractivity (Wildman–Crippen MR) is 171 cm³/mol. The van der Waals surface area contributed by atoms with Crippen molar-refractivity contribution < 1.29 is 15.0 Å². The van der Waals surface area contributed by atoms with Crippen LogP contribution >= 0.6 is 0 Å². The molecule has 0 bridgehead atoms. The summed E-state index contributed by atoms with van der Waals surface area (Å²) < 4.78 is 1.91. The Morgan fingerprint density at radius 1 is 1.02 bits per heavy atom. The van der Waals surface area contributed by atoms with Crippen LogP contribution in [0.25, 0.3) is 16.9 Å². The van der Waals surface area contributed by atoms with Crippen LogP contribution in [0.15, 0.2) is 55.2 Å². The standard InChI is InChI=1S/C35H45N7O3/c1-3-22(2)30-34-41-40-33(42(34)21-29(38-30)26-12-8-16-37-20-26)27(17-24-11-7-15-36-19-24)35(45)39-28(18-23-9-5-4-6-10-23)32(44)31(43)25-13-14-25/h7-8,11-12,15-16,19-23,25,27-28,31-32,43-44H,3-6,9-10,13-14,17-18H2,1-2H3,(H,39,45). The Kier molecular flexibility index (Phi) is 9.80. The van der Waals surface area contributed by atoms with Gasteiger partial charge in [-0.05, 0) is 67.7 Å². The summed E-state index contributed by atoms with van der Waals surface area (Å²) in [5, 5.41) is 34.8. The minimum absolute atomic E-state index is 0.0924. The molecular weight excluding hydrogens is 566 g/mol. The van der Waals surface area contributed by atoms with Gasteiger partial charge in [0.15, 0.2) is 5.65 Å². The molecular formula is C35H45N7O3. The van der Waals surface area contributed by atoms with Crippen molar-refractivity contribution in [1.29, 1.82) is 0 Å². The molecule has 10 nitrogen and oxygen atoms in total. The smallest absolute Gasteiger partial charge is 0.231 e. The second-order valence-corrected chi connectivity index (χ2v) is 13.1. The van der Waals surface area contributed by atoms with Crippen LogP contribution in [-0.2, 0) is 11.2 Å². The first-order chi connectivity index (χ1) is 21.9. The van der Waals surface area contributed by atoms with E-state index in [9.17, 15) is 15.0 Å². The average Bonchev–Trinajstić information content (AvgIpc) is 3.86. The second kappa shape index (κ2) is 14.1. The van der Waals surface area contributed by atoms with Crippen LogP contribution in [-0.4, -0.2) is 63.9 Å². The molecule has 4 aromatic rings. The lowest BCUT2D eigenvalue weighted by molar-refractivity contribution is -0.125. The zero-order valence-electron chi connectivity index (χ0n) is 26.3. The maximum Gasteiger partial charge on any atom is 0.231 e. The minimum atomic E-state index is -1.03. The highest BCUT2D eigenvalue weighted by atomic mass is 16.3. The van der Waals surface area contributed by atoms with Crippen molar-refractivity contribution in [2.24, 2.45) is 11.8 Å². The highest BCUT2D eigenvalue weighted by Crippen LogP contribution is 2.36. The summed E-state index contributed by atoms with van der Waals surface area (Å²) in [5.74, 6) is 0.137. The van der Waals surface area contributed by atoms with Crippen LogP contribution in [0, 0.1) is 11.8 Å². The number of aliphatic hydroxyl groups is 2. The quantitative estimate of drug-likeness (QED) is 0.192. The number of aromatic nitrogens is 6. The van der Waals surface area contributed by atoms with Gasteiger partial charge in [0.25, 0.3) is 0 Å². The lowest BCUT2D eigenvalue weighted by Gasteiger charge is -2.33. The maximum absolute atomic E-state index is 14.5. The van der Waals surface area contributed by atoms with Crippen molar-refractivity contribution in [1.82, 2.24) is 34.9 Å². The monoisotopic (exact) mass is 611 g/mol. The Labute approximate surface area is 264 Å². The van der Waals surface area contributed by atoms with Gasteiger partial charge >= 0.3 is 0 Å². The number of pyridine rings is 2. The lowest BCUT2D eigenvalue weighted by atomic mass is 9.82. The zero-order chi connectivity index (χ0) is 31.3. The Bertz CT molecular complexity index is 1550. The number of nitrogens with zero attached hydrogens (tertiary/aromatic N) is 6. The van der Waals surface area contributed by atoms with Crippen molar-refractivity contribution in [3.05, 3.63) is 72.3 Å². The molecule has 2 saturated carbocycles. The molecule has 3 N–H and O–H groups in total. The first-order valence-electron chi connectivity index (χ1n) is 16.6. The number of amides is 1. The molecule has 5 unspecified atom stereocenters. The summed E-state index contributed by atoms with van der Waals surface area (Å²) in [5.41, 5.74) is 3.92. The van der Waals surface area contributed by atoms with Gasteiger partial charge in [-0.25, -0.2) is 4.98 Å². The van der Waals surface area contributed by atoms with Crippen molar-refractivity contribution >= 4 is 11.6 Å². The fraction of sp³-hybridized carbons (Fsp3) is 0.543. The highest BCUT2D eigenvalue weighted by molar-refractivity contribution is 5.84. The van der Waals surface area contributed by atoms with E-state index < -0.39 is 24.2 Å². The van der Waals surface area contributed by atoms with Gasteiger partial charge in [-0.15, -0.1) is 10.2 Å². The van der Waals surface area contributed by atoms with Gasteiger partial charge in [0.1, 0.15) is 17.8 Å². The molecule has 4 heterocycles. The first kappa shape index (κ1) is 31.2. The van der Waals surface area contributed by atoms with Gasteiger partial charge in [0, 0.05) is 42.5 Å². The maximum atomic E-state index is 14.5. The molecule has 2 aliphatic carbocycles. The Hall–Kier alpha value is -3.76. The van der Waals surface area contributed by atoms with E-state index in [1.54, 1.807) is 24.8 Å². The lowest BCUT2D eigenvalue weighted by Crippen LogP contribution is -2.51. The van der Waals surface area contributed by atoms with Crippen molar-refractivity contribution in [3.63, 3.8) is 0 Å². The van der Waals surface area contributed by atoms with Crippen molar-refractivity contribution in [2.45, 2.75) is 108 Å². The molecule has 238 valence electrons. The molecule has 0 aromatic carbocycles. The Morgan fingerprint density at radius 2 is 1.78 bits per heavy atom. The molecule has 0 saturated heterocycles. The average molecular weight is 612 g/mol. The molecule has 0 radical (unpaired) electrons. The Balaban J connectivity index is 1.39. The molecule has 0 aliphatic heterocycles. The zero-order valence-corrected chi connectivity index (χ0v) is 26.3. The third-order valence-corrected chi connectivity index (χ3v) is 9.78. The van der Waals surface area contributed by atoms with Gasteiger partial charge in [0.05, 0.1) is 23.5 Å². The van der Waals surface area contributed by atoms with E-state index in [4.69, 9.17) is 4.98 Å². The van der Waals surface area contributed by atoms with Crippen LogP contribution in [0.3, 0.4) is 0 Å². The summed E-state index contributed by atoms with van der Waals surface area (Å²) in [6.45, 7) is 4.23. The van der Waals surface area contributed by atoms with Gasteiger partial charge in [-0.3, -0.25) is 19.2 Å². The molecule has 2 aliphatic rings. The molecule has 2 fully saturated rings. The predicted octanol–water partition coefficient (Wildman–Crippen LogP) is 5.01. The summed E-state index contributed by atoms with van der Waals surface area (Å²) in [6.07, 6.45) is 16.4. The third kappa shape index (κ3) is 7.23. The fourth-order valence-corrected chi connectivity index (χ4v) is 6.71. The number of nitrogens with one attached hydrogen (secondary N) is 1. The van der Waals surface area contributed by atoms with Crippen LogP contribution in [0.5, 0.6) is 0 Å². The summed E-state index contributed by atoms with van der Waals surface area (Å²) in [7, 11) is 0. The summed E-state index contributed by atoms with van der Waals surface area (Å²) in [6, 6.07) is 7.10. The summed E-state index contributed by atoms with van der Waals surface area (Å²) >= 11 is 0. The normalized spacial score (nSPS) is 19.1. The largest absolute Gasteiger partial charge is 0.390 e. The molecule has 1 amide bonds. The molecule has 4 aromatic heterocycles. The number of hydrogen-bond acceptors (Lipinski definition) is 8. The number of hydrogen-bond donors (Lipinski definition) is 3. The number of carbonyl (C=O) groups excluding carboxylic acids is 1. The molecule has 0 spiro atoms. The van der Waals surface area contributed by atoms with Crippen LogP contribution in [0.1, 0.15) is 101 Å². The second-order valence-electron chi connectivity index (χ2n) is 13.1. The molecule has 10 heteroatoms. The number of rotatable bonds is 13. The van der Waals surface area contributed by atoms with E-state index in [2.05, 4.69) is 39.3 Å². The van der Waals surface area contributed by atoms with Gasteiger partial charge in [-0.1, -0.05) is 52.0 Å². The van der Waals surface area contributed by atoms with E-state index in [-0.39, 0.29) is 17.7 Å². The summed E-state index contributed by atoms with van der Waals surface area (Å²) in [4.78, 5) is 28.0.